The molecule has 1 aromatic heterocycles. The second kappa shape index (κ2) is 10.4. The van der Waals surface area contributed by atoms with Crippen molar-refractivity contribution in [3.8, 4) is 0 Å². The van der Waals surface area contributed by atoms with Crippen LogP contribution in [0.5, 0.6) is 0 Å². The van der Waals surface area contributed by atoms with Crippen molar-refractivity contribution in [3.63, 3.8) is 0 Å². The molecule has 9 heteroatoms. The van der Waals surface area contributed by atoms with Gasteiger partial charge in [0.05, 0.1) is 4.92 Å². The minimum absolute atomic E-state index is 0.00295. The van der Waals surface area contributed by atoms with E-state index in [0.717, 1.165) is 30.7 Å². The number of hydrogen-bond donors (Lipinski definition) is 2. The van der Waals surface area contributed by atoms with Crippen molar-refractivity contribution in [2.45, 2.75) is 45.2 Å². The van der Waals surface area contributed by atoms with E-state index >= 15 is 0 Å². The molecule has 1 saturated heterocycles. The van der Waals surface area contributed by atoms with Crippen LogP contribution >= 0.6 is 0 Å². The van der Waals surface area contributed by atoms with Gasteiger partial charge in [0.1, 0.15) is 12.6 Å². The Hall–Kier alpha value is -3.88. The van der Waals surface area contributed by atoms with Gasteiger partial charge >= 0.3 is 0 Å². The molecule has 0 spiro atoms. The number of carbonyl (C=O) groups is 2. The number of fused-ring (bicyclic) bond motifs is 1. The topological polar surface area (TPSA) is 110 Å². The van der Waals surface area contributed by atoms with Crippen LogP contribution in [0.1, 0.15) is 32.6 Å². The van der Waals surface area contributed by atoms with Gasteiger partial charge in [0.2, 0.25) is 11.8 Å². The number of anilines is 2. The number of rotatable bonds is 9. The fraction of sp³-hybridized carbons (Fsp3) is 0.360. The first-order valence-corrected chi connectivity index (χ1v) is 11.6. The molecule has 2 N–H and O–H groups in total. The maximum Gasteiger partial charge on any atom is 0.270 e. The van der Waals surface area contributed by atoms with E-state index in [2.05, 4.69) is 15.5 Å². The summed E-state index contributed by atoms with van der Waals surface area (Å²) in [4.78, 5) is 38.6. The number of aromatic nitrogens is 1. The van der Waals surface area contributed by atoms with Crippen LogP contribution in [0.3, 0.4) is 0 Å². The van der Waals surface area contributed by atoms with Gasteiger partial charge in [-0.2, -0.15) is 0 Å². The van der Waals surface area contributed by atoms with Gasteiger partial charge in [-0.05, 0) is 49.6 Å². The summed E-state index contributed by atoms with van der Waals surface area (Å²) in [5.74, 6) is -0.544. The first kappa shape index (κ1) is 23.3. The van der Waals surface area contributed by atoms with Gasteiger partial charge in [0, 0.05) is 53.7 Å². The summed E-state index contributed by atoms with van der Waals surface area (Å²) >= 11 is 0. The van der Waals surface area contributed by atoms with Gasteiger partial charge in [0.25, 0.3) is 5.69 Å². The Kier molecular flexibility index (Phi) is 7.10. The minimum Gasteiger partial charge on any atom is -0.371 e. The molecule has 178 valence electrons. The van der Waals surface area contributed by atoms with E-state index in [-0.39, 0.29) is 24.0 Å². The fourth-order valence-corrected chi connectivity index (χ4v) is 4.38. The maximum atomic E-state index is 13.0. The van der Waals surface area contributed by atoms with Crippen molar-refractivity contribution in [1.29, 1.82) is 0 Å². The molecule has 0 bridgehead atoms. The summed E-state index contributed by atoms with van der Waals surface area (Å²) in [5, 5.41) is 17.5. The number of amides is 2. The Labute approximate surface area is 197 Å². The normalized spacial score (nSPS) is 14.2. The number of benzene rings is 2. The molecule has 4 rings (SSSR count). The molecule has 0 saturated carbocycles. The first-order chi connectivity index (χ1) is 16.4. The average Bonchev–Trinajstić information content (AvgIpc) is 3.49. The number of hydrogen-bond acceptors (Lipinski definition) is 5. The lowest BCUT2D eigenvalue weighted by atomic mass is 10.1. The highest BCUT2D eigenvalue weighted by molar-refractivity contribution is 5.97. The average molecular weight is 464 g/mol. The lowest BCUT2D eigenvalue weighted by Crippen LogP contribution is -2.44. The highest BCUT2D eigenvalue weighted by Gasteiger charge is 2.21. The van der Waals surface area contributed by atoms with E-state index in [1.807, 2.05) is 31.2 Å². The minimum atomic E-state index is -0.657. The SMILES string of the molecule is CCCC(NC(=O)Cn1ccc2cc([N+](=O)[O-])ccc21)C(=O)Nc1cccc(N2CCCC2)c1. The van der Waals surface area contributed by atoms with Crippen molar-refractivity contribution >= 4 is 39.8 Å². The Morgan fingerprint density at radius 3 is 2.65 bits per heavy atom. The van der Waals surface area contributed by atoms with Crippen LogP contribution in [0.15, 0.2) is 54.7 Å². The molecule has 1 aliphatic heterocycles. The molecule has 1 fully saturated rings. The third-order valence-electron chi connectivity index (χ3n) is 6.09. The molecule has 3 aromatic rings. The summed E-state index contributed by atoms with van der Waals surface area (Å²) in [5.41, 5.74) is 2.52. The predicted molar refractivity (Wildman–Crippen MR) is 132 cm³/mol. The smallest absolute Gasteiger partial charge is 0.270 e. The molecule has 2 heterocycles. The molecule has 34 heavy (non-hydrogen) atoms. The van der Waals surface area contributed by atoms with Crippen LogP contribution in [-0.4, -0.2) is 40.4 Å². The quantitative estimate of drug-likeness (QED) is 0.367. The number of nitrogens with one attached hydrogen (secondary N) is 2. The fourth-order valence-electron chi connectivity index (χ4n) is 4.38. The summed E-state index contributed by atoms with van der Waals surface area (Å²) < 4.78 is 1.72. The number of carbonyl (C=O) groups excluding carboxylic acids is 2. The van der Waals surface area contributed by atoms with Gasteiger partial charge in [-0.25, -0.2) is 0 Å². The van der Waals surface area contributed by atoms with Crippen molar-refractivity contribution in [2.24, 2.45) is 0 Å². The molecular formula is C25H29N5O4. The molecule has 1 atom stereocenters. The van der Waals surface area contributed by atoms with Gasteiger partial charge in [0.15, 0.2) is 0 Å². The van der Waals surface area contributed by atoms with E-state index in [0.29, 0.717) is 17.5 Å². The van der Waals surface area contributed by atoms with E-state index in [1.165, 1.54) is 25.0 Å². The maximum absolute atomic E-state index is 13.0. The van der Waals surface area contributed by atoms with Crippen molar-refractivity contribution < 1.29 is 14.5 Å². The van der Waals surface area contributed by atoms with Gasteiger partial charge in [-0.3, -0.25) is 19.7 Å². The highest BCUT2D eigenvalue weighted by Crippen LogP contribution is 2.24. The molecule has 0 radical (unpaired) electrons. The summed E-state index contributed by atoms with van der Waals surface area (Å²) in [6.45, 7) is 4.02. The van der Waals surface area contributed by atoms with Crippen LogP contribution < -0.4 is 15.5 Å². The molecule has 1 unspecified atom stereocenters. The predicted octanol–water partition coefficient (Wildman–Crippen LogP) is 4.07. The molecular weight excluding hydrogens is 434 g/mol. The second-order valence-electron chi connectivity index (χ2n) is 8.59. The van der Waals surface area contributed by atoms with E-state index in [9.17, 15) is 19.7 Å². The van der Waals surface area contributed by atoms with Crippen LogP contribution in [0.4, 0.5) is 17.1 Å². The van der Waals surface area contributed by atoms with Crippen LogP contribution in [0.2, 0.25) is 0 Å². The lowest BCUT2D eigenvalue weighted by molar-refractivity contribution is -0.384. The zero-order valence-electron chi connectivity index (χ0n) is 19.2. The third-order valence-corrected chi connectivity index (χ3v) is 6.09. The summed E-state index contributed by atoms with van der Waals surface area (Å²) in [7, 11) is 0. The zero-order valence-corrected chi connectivity index (χ0v) is 19.2. The van der Waals surface area contributed by atoms with E-state index < -0.39 is 11.0 Å². The Balaban J connectivity index is 1.41. The first-order valence-electron chi connectivity index (χ1n) is 11.6. The molecule has 0 aliphatic carbocycles. The number of nitrogens with zero attached hydrogens (tertiary/aromatic N) is 3. The van der Waals surface area contributed by atoms with Gasteiger partial charge in [-0.15, -0.1) is 0 Å². The largest absolute Gasteiger partial charge is 0.371 e. The standard InChI is InChI=1S/C25H29N5O4/c1-2-6-22(25(32)26-19-7-5-8-20(16-19)28-12-3-4-13-28)27-24(31)17-29-14-11-18-15-21(30(33)34)9-10-23(18)29/h5,7-11,14-16,22H,2-4,6,12-13,17H2,1H3,(H,26,32)(H,27,31). The van der Waals surface area contributed by atoms with Crippen LogP contribution in [-0.2, 0) is 16.1 Å². The molecule has 1 aliphatic rings. The monoisotopic (exact) mass is 463 g/mol. The summed E-state index contributed by atoms with van der Waals surface area (Å²) in [6, 6.07) is 13.4. The Morgan fingerprint density at radius 1 is 1.12 bits per heavy atom. The molecule has 2 aromatic carbocycles. The number of nitro groups is 1. The third kappa shape index (κ3) is 5.36. The Bertz CT molecular complexity index is 1200. The van der Waals surface area contributed by atoms with Crippen LogP contribution in [0.25, 0.3) is 10.9 Å². The Morgan fingerprint density at radius 2 is 1.91 bits per heavy atom. The summed E-state index contributed by atoms with van der Waals surface area (Å²) in [6.07, 6.45) is 5.32. The zero-order chi connectivity index (χ0) is 24.1. The van der Waals surface area contributed by atoms with Crippen molar-refractivity contribution in [2.75, 3.05) is 23.3 Å². The van der Waals surface area contributed by atoms with Crippen molar-refractivity contribution in [3.05, 3.63) is 64.8 Å². The van der Waals surface area contributed by atoms with Gasteiger partial charge in [-0.1, -0.05) is 19.4 Å². The second-order valence-corrected chi connectivity index (χ2v) is 8.59. The van der Waals surface area contributed by atoms with Crippen LogP contribution in [0, 0.1) is 10.1 Å². The number of nitro benzene ring substituents is 1. The van der Waals surface area contributed by atoms with E-state index in [1.54, 1.807) is 22.9 Å². The molecule has 2 amide bonds. The lowest BCUT2D eigenvalue weighted by Gasteiger charge is -2.20. The van der Waals surface area contributed by atoms with E-state index in [4.69, 9.17) is 0 Å². The number of non-ortho nitro benzene ring substituents is 1. The highest BCUT2D eigenvalue weighted by atomic mass is 16.6. The molecule has 9 nitrogen and oxygen atoms in total. The van der Waals surface area contributed by atoms with Crippen molar-refractivity contribution in [1.82, 2.24) is 9.88 Å². The van der Waals surface area contributed by atoms with Gasteiger partial charge < -0.3 is 20.1 Å².